The molecule has 0 saturated carbocycles. The molecule has 1 saturated heterocycles. The maximum absolute atomic E-state index is 5.44. The molecule has 2 heterocycles. The van der Waals surface area contributed by atoms with Crippen LogP contribution in [0.25, 0.3) is 4.85 Å². The molecule has 0 aliphatic carbocycles. The normalized spacial score (nSPS) is 28.0. The summed E-state index contributed by atoms with van der Waals surface area (Å²) in [5, 5.41) is 0. The predicted octanol–water partition coefficient (Wildman–Crippen LogP) is 0.856. The molecule has 2 rings (SSSR count). The molecule has 0 bridgehead atoms. The Labute approximate surface area is 59.7 Å². The van der Waals surface area contributed by atoms with Crippen molar-refractivity contribution >= 4 is 0 Å². The smallest absolute Gasteiger partial charge is 0.278 e. The first-order valence-electron chi connectivity index (χ1n) is 3.59. The van der Waals surface area contributed by atoms with Gasteiger partial charge in [-0.05, 0) is 0 Å². The summed E-state index contributed by atoms with van der Waals surface area (Å²) in [5.74, 6) is -0.332. The van der Waals surface area contributed by atoms with E-state index < -0.39 is 0 Å². The lowest BCUT2D eigenvalue weighted by Crippen LogP contribution is -2.31. The Morgan fingerprint density at radius 3 is 2.70 bits per heavy atom. The zero-order valence-electron chi connectivity index (χ0n) is 5.80. The summed E-state index contributed by atoms with van der Waals surface area (Å²) >= 11 is 0. The van der Waals surface area contributed by atoms with Crippen molar-refractivity contribution in [3.8, 4) is 6.07 Å². The van der Waals surface area contributed by atoms with Gasteiger partial charge in [0, 0.05) is 0 Å². The standard InChI is InChI=1S/C7H10NO2/c1-3-8-4-2-7(1)9-5-6-10-7/h1-3,5-6H2/q+1. The van der Waals surface area contributed by atoms with Crippen LogP contribution in [0.1, 0.15) is 12.8 Å². The van der Waals surface area contributed by atoms with Gasteiger partial charge in [-0.25, -0.2) is 0 Å². The zero-order chi connectivity index (χ0) is 6.86. The maximum atomic E-state index is 5.44. The van der Waals surface area contributed by atoms with E-state index in [2.05, 4.69) is 10.9 Å². The molecule has 54 valence electrons. The third-order valence-corrected chi connectivity index (χ3v) is 1.88. The first-order chi connectivity index (χ1) is 4.91. The predicted molar refractivity (Wildman–Crippen MR) is 36.0 cm³/mol. The third-order valence-electron chi connectivity index (χ3n) is 1.88. The zero-order valence-corrected chi connectivity index (χ0v) is 5.80. The number of ether oxygens (including phenoxy) is 2. The minimum absolute atomic E-state index is 0.332. The van der Waals surface area contributed by atoms with Crippen molar-refractivity contribution in [2.75, 3.05) is 19.8 Å². The van der Waals surface area contributed by atoms with Gasteiger partial charge >= 0.3 is 0 Å². The second-order valence-electron chi connectivity index (χ2n) is 2.57. The Morgan fingerprint density at radius 1 is 1.30 bits per heavy atom. The van der Waals surface area contributed by atoms with Crippen LogP contribution in [-0.2, 0) is 9.47 Å². The Bertz CT molecular complexity index is 186. The van der Waals surface area contributed by atoms with E-state index in [9.17, 15) is 0 Å². The van der Waals surface area contributed by atoms with E-state index >= 15 is 0 Å². The SMILES string of the molecule is C1#[N+]CCC2(C1)OCCO2. The Morgan fingerprint density at radius 2 is 2.10 bits per heavy atom. The average molecular weight is 140 g/mol. The van der Waals surface area contributed by atoms with Crippen LogP contribution in [0.2, 0.25) is 0 Å². The number of nitrogens with zero attached hydrogens (tertiary/aromatic N) is 1. The van der Waals surface area contributed by atoms with Crippen LogP contribution in [0.4, 0.5) is 0 Å². The molecule has 1 fully saturated rings. The molecule has 2 aliphatic heterocycles. The molecule has 0 atom stereocenters. The molecule has 3 nitrogen and oxygen atoms in total. The molecule has 2 aliphatic rings. The summed E-state index contributed by atoms with van der Waals surface area (Å²) in [6, 6.07) is 2.89. The van der Waals surface area contributed by atoms with E-state index in [0.717, 1.165) is 26.2 Å². The third kappa shape index (κ3) is 0.898. The molecule has 0 unspecified atom stereocenters. The van der Waals surface area contributed by atoms with Crippen LogP contribution >= 0.6 is 0 Å². The van der Waals surface area contributed by atoms with Gasteiger partial charge in [-0.15, -0.1) is 0 Å². The van der Waals surface area contributed by atoms with E-state index in [0.29, 0.717) is 6.42 Å². The lowest BCUT2D eigenvalue weighted by molar-refractivity contribution is -0.156. The van der Waals surface area contributed by atoms with Gasteiger partial charge in [0.15, 0.2) is 5.79 Å². The topological polar surface area (TPSA) is 22.8 Å². The molecule has 1 spiro atoms. The van der Waals surface area contributed by atoms with E-state index in [1.807, 2.05) is 0 Å². The molecule has 0 aromatic rings. The van der Waals surface area contributed by atoms with Crippen molar-refractivity contribution in [2.24, 2.45) is 0 Å². The van der Waals surface area contributed by atoms with E-state index in [4.69, 9.17) is 9.47 Å². The van der Waals surface area contributed by atoms with Gasteiger partial charge < -0.3 is 9.47 Å². The number of rotatable bonds is 0. The summed E-state index contributed by atoms with van der Waals surface area (Å²) in [6.45, 7) is 2.24. The summed E-state index contributed by atoms with van der Waals surface area (Å²) in [4.78, 5) is 3.99. The highest BCUT2D eigenvalue weighted by molar-refractivity contribution is 5.00. The Balaban J connectivity index is 2.10. The van der Waals surface area contributed by atoms with Crippen LogP contribution in [0.5, 0.6) is 0 Å². The van der Waals surface area contributed by atoms with Crippen molar-refractivity contribution < 1.29 is 9.47 Å². The van der Waals surface area contributed by atoms with Crippen molar-refractivity contribution in [1.82, 2.24) is 0 Å². The van der Waals surface area contributed by atoms with Gasteiger partial charge in [0.05, 0.1) is 19.6 Å². The van der Waals surface area contributed by atoms with Crippen molar-refractivity contribution in [2.45, 2.75) is 18.6 Å². The fourth-order valence-electron chi connectivity index (χ4n) is 1.31. The van der Waals surface area contributed by atoms with Crippen LogP contribution < -0.4 is 0 Å². The van der Waals surface area contributed by atoms with Gasteiger partial charge in [-0.3, -0.25) is 0 Å². The van der Waals surface area contributed by atoms with E-state index in [1.54, 1.807) is 0 Å². The van der Waals surface area contributed by atoms with Crippen LogP contribution in [0, 0.1) is 6.07 Å². The molecule has 0 radical (unpaired) electrons. The molecule has 10 heavy (non-hydrogen) atoms. The highest BCUT2D eigenvalue weighted by Gasteiger charge is 2.40. The van der Waals surface area contributed by atoms with Gasteiger partial charge in [-0.1, -0.05) is 4.85 Å². The first-order valence-corrected chi connectivity index (χ1v) is 3.59. The van der Waals surface area contributed by atoms with E-state index in [-0.39, 0.29) is 5.79 Å². The highest BCUT2D eigenvalue weighted by Crippen LogP contribution is 2.28. The first kappa shape index (κ1) is 6.14. The average Bonchev–Trinajstić information content (AvgIpc) is 2.39. The summed E-state index contributed by atoms with van der Waals surface area (Å²) in [5.41, 5.74) is 0. The summed E-state index contributed by atoms with van der Waals surface area (Å²) < 4.78 is 10.9. The van der Waals surface area contributed by atoms with Crippen molar-refractivity contribution in [3.05, 3.63) is 4.85 Å². The van der Waals surface area contributed by atoms with Gasteiger partial charge in [0.1, 0.15) is 6.42 Å². The van der Waals surface area contributed by atoms with Crippen LogP contribution in [0.3, 0.4) is 0 Å². The highest BCUT2D eigenvalue weighted by atomic mass is 16.7. The summed E-state index contributed by atoms with van der Waals surface area (Å²) in [6.07, 6.45) is 1.59. The minimum Gasteiger partial charge on any atom is -0.346 e. The minimum atomic E-state index is -0.332. The van der Waals surface area contributed by atoms with Crippen molar-refractivity contribution in [1.29, 1.82) is 0 Å². The molecule has 0 aromatic heterocycles. The van der Waals surface area contributed by atoms with Gasteiger partial charge in [0.2, 0.25) is 0 Å². The molecule has 0 N–H and O–H groups in total. The fourth-order valence-corrected chi connectivity index (χ4v) is 1.31. The van der Waals surface area contributed by atoms with Gasteiger partial charge in [-0.2, -0.15) is 0 Å². The molecular formula is C7H10NO2+. The summed E-state index contributed by atoms with van der Waals surface area (Å²) in [7, 11) is 0. The lowest BCUT2D eigenvalue weighted by Gasteiger charge is -2.21. The fraction of sp³-hybridized carbons (Fsp3) is 0.857. The Hall–Kier alpha value is -0.590. The molecule has 3 heteroatoms. The molecular weight excluding hydrogens is 130 g/mol. The molecule has 0 amide bonds. The lowest BCUT2D eigenvalue weighted by atomic mass is 10.1. The molecule has 0 aromatic carbocycles. The number of hydrogen-bond donors (Lipinski definition) is 0. The van der Waals surface area contributed by atoms with Crippen LogP contribution in [-0.4, -0.2) is 25.5 Å². The quantitative estimate of drug-likeness (QED) is 0.498. The monoisotopic (exact) mass is 140 g/mol. The second-order valence-corrected chi connectivity index (χ2v) is 2.57. The van der Waals surface area contributed by atoms with Crippen molar-refractivity contribution in [3.63, 3.8) is 0 Å². The second kappa shape index (κ2) is 2.22. The number of hydrogen-bond acceptors (Lipinski definition) is 2. The Kier molecular flexibility index (Phi) is 1.37. The van der Waals surface area contributed by atoms with Gasteiger partial charge in [0.25, 0.3) is 12.6 Å². The largest absolute Gasteiger partial charge is 0.346 e. The van der Waals surface area contributed by atoms with Crippen LogP contribution in [0.15, 0.2) is 0 Å². The maximum Gasteiger partial charge on any atom is 0.278 e. The van der Waals surface area contributed by atoms with E-state index in [1.165, 1.54) is 0 Å².